The minimum atomic E-state index is 0.201. The van der Waals surface area contributed by atoms with Crippen LogP contribution in [0.25, 0.3) is 0 Å². The van der Waals surface area contributed by atoms with Crippen molar-refractivity contribution in [2.24, 2.45) is 0 Å². The lowest BCUT2D eigenvalue weighted by Gasteiger charge is -2.36. The van der Waals surface area contributed by atoms with Crippen molar-refractivity contribution in [3.8, 4) is 5.75 Å². The van der Waals surface area contributed by atoms with Crippen LogP contribution in [0.1, 0.15) is 17.0 Å². The molecule has 140 valence electrons. The fourth-order valence-corrected chi connectivity index (χ4v) is 4.14. The number of carbonyl (C=O) groups excluding carboxylic acids is 1. The Morgan fingerprint density at radius 3 is 2.69 bits per heavy atom. The van der Waals surface area contributed by atoms with Gasteiger partial charge in [-0.25, -0.2) is 0 Å². The lowest BCUT2D eigenvalue weighted by molar-refractivity contribution is -0.128. The standard InChI is InChI=1S/C19H25N3O3S/c1-14-18(15(2)25-20-14)12-26-13-19(23)22-9-7-21(8-10-22)16-5-4-6-17(11-16)24-3/h4-6,11H,7-10,12-13H2,1-3H3. The van der Waals surface area contributed by atoms with E-state index in [0.29, 0.717) is 5.75 Å². The number of anilines is 1. The van der Waals surface area contributed by atoms with E-state index in [1.807, 2.05) is 36.9 Å². The molecule has 2 aromatic rings. The maximum absolute atomic E-state index is 12.5. The van der Waals surface area contributed by atoms with E-state index in [2.05, 4.69) is 16.1 Å². The molecule has 26 heavy (non-hydrogen) atoms. The second-order valence-electron chi connectivity index (χ2n) is 6.36. The van der Waals surface area contributed by atoms with Crippen molar-refractivity contribution in [2.75, 3.05) is 43.9 Å². The van der Waals surface area contributed by atoms with Crippen LogP contribution in [0.2, 0.25) is 0 Å². The summed E-state index contributed by atoms with van der Waals surface area (Å²) in [5.74, 6) is 3.15. The van der Waals surface area contributed by atoms with Gasteiger partial charge in [0.2, 0.25) is 5.91 Å². The van der Waals surface area contributed by atoms with E-state index in [1.165, 1.54) is 0 Å². The first-order chi connectivity index (χ1) is 12.6. The van der Waals surface area contributed by atoms with Crippen molar-refractivity contribution in [1.82, 2.24) is 10.1 Å². The van der Waals surface area contributed by atoms with Gasteiger partial charge in [-0.15, -0.1) is 11.8 Å². The summed E-state index contributed by atoms with van der Waals surface area (Å²) in [7, 11) is 1.68. The summed E-state index contributed by atoms with van der Waals surface area (Å²) >= 11 is 1.62. The van der Waals surface area contributed by atoms with Crippen LogP contribution < -0.4 is 9.64 Å². The number of benzene rings is 1. The molecule has 3 rings (SSSR count). The number of carbonyl (C=O) groups is 1. The molecule has 2 heterocycles. The molecule has 1 aliphatic rings. The van der Waals surface area contributed by atoms with E-state index in [-0.39, 0.29) is 5.91 Å². The number of rotatable bonds is 6. The SMILES string of the molecule is COc1cccc(N2CCN(C(=O)CSCc3c(C)noc3C)CC2)c1. The predicted molar refractivity (Wildman–Crippen MR) is 104 cm³/mol. The summed E-state index contributed by atoms with van der Waals surface area (Å²) in [6.45, 7) is 7.03. The van der Waals surface area contributed by atoms with Gasteiger partial charge in [0.05, 0.1) is 18.6 Å². The molecule has 1 aromatic heterocycles. The van der Waals surface area contributed by atoms with Crippen LogP contribution in [0.5, 0.6) is 5.75 Å². The largest absolute Gasteiger partial charge is 0.497 e. The lowest BCUT2D eigenvalue weighted by Crippen LogP contribution is -2.49. The highest BCUT2D eigenvalue weighted by Crippen LogP contribution is 2.23. The average Bonchev–Trinajstić information content (AvgIpc) is 3.00. The molecule has 1 saturated heterocycles. The van der Waals surface area contributed by atoms with Crippen LogP contribution in [0.4, 0.5) is 5.69 Å². The molecule has 0 bridgehead atoms. The Balaban J connectivity index is 1.46. The molecule has 1 fully saturated rings. The van der Waals surface area contributed by atoms with Crippen molar-refractivity contribution in [1.29, 1.82) is 0 Å². The zero-order valence-electron chi connectivity index (χ0n) is 15.5. The molecule has 0 atom stereocenters. The molecule has 1 amide bonds. The zero-order chi connectivity index (χ0) is 18.5. The van der Waals surface area contributed by atoms with Crippen LogP contribution in [-0.2, 0) is 10.5 Å². The third kappa shape index (κ3) is 4.33. The zero-order valence-corrected chi connectivity index (χ0v) is 16.3. The summed E-state index contributed by atoms with van der Waals surface area (Å²) in [5, 5.41) is 3.96. The van der Waals surface area contributed by atoms with Crippen molar-refractivity contribution in [2.45, 2.75) is 19.6 Å². The number of hydrogen-bond acceptors (Lipinski definition) is 6. The number of thioether (sulfide) groups is 1. The van der Waals surface area contributed by atoms with Crippen molar-refractivity contribution >= 4 is 23.4 Å². The maximum atomic E-state index is 12.5. The number of amides is 1. The fourth-order valence-electron chi connectivity index (χ4n) is 3.06. The number of nitrogens with zero attached hydrogens (tertiary/aromatic N) is 3. The quantitative estimate of drug-likeness (QED) is 0.774. The molecule has 1 aliphatic heterocycles. The molecule has 0 spiro atoms. The molecule has 0 radical (unpaired) electrons. The summed E-state index contributed by atoms with van der Waals surface area (Å²) in [4.78, 5) is 16.7. The van der Waals surface area contributed by atoms with Crippen LogP contribution in [0, 0.1) is 13.8 Å². The third-order valence-electron chi connectivity index (χ3n) is 4.70. The van der Waals surface area contributed by atoms with E-state index in [0.717, 1.165) is 60.4 Å². The molecule has 0 unspecified atom stereocenters. The number of hydrogen-bond donors (Lipinski definition) is 0. The number of piperazine rings is 1. The van der Waals surface area contributed by atoms with Gasteiger partial charge in [-0.2, -0.15) is 0 Å². The molecule has 1 aromatic carbocycles. The average molecular weight is 375 g/mol. The number of aryl methyl sites for hydroxylation is 2. The third-order valence-corrected chi connectivity index (χ3v) is 5.65. The van der Waals surface area contributed by atoms with Gasteiger partial charge in [-0.3, -0.25) is 4.79 Å². The molecule has 6 nitrogen and oxygen atoms in total. The van der Waals surface area contributed by atoms with Crippen molar-refractivity contribution < 1.29 is 14.1 Å². The van der Waals surface area contributed by atoms with Gasteiger partial charge in [0, 0.05) is 49.2 Å². The minimum Gasteiger partial charge on any atom is -0.497 e. The van der Waals surface area contributed by atoms with Gasteiger partial charge in [0.15, 0.2) is 0 Å². The monoisotopic (exact) mass is 375 g/mol. The lowest BCUT2D eigenvalue weighted by atomic mass is 10.2. The Morgan fingerprint density at radius 1 is 1.27 bits per heavy atom. The van der Waals surface area contributed by atoms with Gasteiger partial charge in [-0.05, 0) is 26.0 Å². The first-order valence-corrected chi connectivity index (χ1v) is 9.90. The molecular formula is C19H25N3O3S. The number of aromatic nitrogens is 1. The highest BCUT2D eigenvalue weighted by Gasteiger charge is 2.21. The van der Waals surface area contributed by atoms with Crippen molar-refractivity contribution in [3.05, 3.63) is 41.3 Å². The summed E-state index contributed by atoms with van der Waals surface area (Å²) < 4.78 is 10.5. The van der Waals surface area contributed by atoms with Crippen LogP contribution in [0.15, 0.2) is 28.8 Å². The van der Waals surface area contributed by atoms with E-state index in [4.69, 9.17) is 9.26 Å². The van der Waals surface area contributed by atoms with Crippen LogP contribution in [0.3, 0.4) is 0 Å². The normalized spacial score (nSPS) is 14.6. The Hall–Kier alpha value is -2.15. The van der Waals surface area contributed by atoms with Gasteiger partial charge in [0.1, 0.15) is 11.5 Å². The minimum absolute atomic E-state index is 0.201. The second-order valence-corrected chi connectivity index (χ2v) is 7.35. The highest BCUT2D eigenvalue weighted by atomic mass is 32.2. The number of methoxy groups -OCH3 is 1. The molecule has 0 N–H and O–H groups in total. The Labute approximate surface area is 158 Å². The predicted octanol–water partition coefficient (Wildman–Crippen LogP) is 2.88. The molecule has 0 aliphatic carbocycles. The molecular weight excluding hydrogens is 350 g/mol. The summed E-state index contributed by atoms with van der Waals surface area (Å²) in [5.41, 5.74) is 3.16. The molecule has 0 saturated carbocycles. The highest BCUT2D eigenvalue weighted by molar-refractivity contribution is 7.99. The van der Waals surface area contributed by atoms with E-state index >= 15 is 0 Å². The summed E-state index contributed by atoms with van der Waals surface area (Å²) in [6.07, 6.45) is 0. The van der Waals surface area contributed by atoms with E-state index in [1.54, 1.807) is 18.9 Å². The van der Waals surface area contributed by atoms with Gasteiger partial charge < -0.3 is 19.1 Å². The molecule has 7 heteroatoms. The second kappa shape index (κ2) is 8.49. The smallest absolute Gasteiger partial charge is 0.232 e. The maximum Gasteiger partial charge on any atom is 0.232 e. The van der Waals surface area contributed by atoms with Gasteiger partial charge >= 0.3 is 0 Å². The van der Waals surface area contributed by atoms with E-state index < -0.39 is 0 Å². The van der Waals surface area contributed by atoms with Crippen LogP contribution in [-0.4, -0.2) is 55.0 Å². The Kier molecular flexibility index (Phi) is 6.08. The number of ether oxygens (including phenoxy) is 1. The van der Waals surface area contributed by atoms with Crippen LogP contribution >= 0.6 is 11.8 Å². The topological polar surface area (TPSA) is 58.8 Å². The van der Waals surface area contributed by atoms with Gasteiger partial charge in [0.25, 0.3) is 0 Å². The fraction of sp³-hybridized carbons (Fsp3) is 0.474. The summed E-state index contributed by atoms with van der Waals surface area (Å²) in [6, 6.07) is 8.06. The van der Waals surface area contributed by atoms with Gasteiger partial charge in [-0.1, -0.05) is 11.2 Å². The Morgan fingerprint density at radius 2 is 2.04 bits per heavy atom. The van der Waals surface area contributed by atoms with Crippen molar-refractivity contribution in [3.63, 3.8) is 0 Å². The first-order valence-electron chi connectivity index (χ1n) is 8.74. The Bertz CT molecular complexity index is 735. The van der Waals surface area contributed by atoms with E-state index in [9.17, 15) is 4.79 Å². The first kappa shape index (κ1) is 18.6.